The highest BCUT2D eigenvalue weighted by molar-refractivity contribution is 7.26. The van der Waals surface area contributed by atoms with Gasteiger partial charge in [-0.2, -0.15) is 0 Å². The van der Waals surface area contributed by atoms with Crippen molar-refractivity contribution in [2.75, 3.05) is 4.90 Å². The number of rotatable bonds is 4. The Kier molecular flexibility index (Phi) is 5.78. The molecule has 7 aromatic carbocycles. The van der Waals surface area contributed by atoms with E-state index in [9.17, 15) is 0 Å². The molecule has 1 nitrogen and oxygen atoms in total. The van der Waals surface area contributed by atoms with E-state index in [0.717, 1.165) is 5.69 Å². The lowest BCUT2D eigenvalue weighted by atomic mass is 9.82. The van der Waals surface area contributed by atoms with Crippen molar-refractivity contribution in [2.45, 2.75) is 19.3 Å². The van der Waals surface area contributed by atoms with Crippen molar-refractivity contribution in [1.29, 1.82) is 0 Å². The Labute approximate surface area is 267 Å². The number of anilines is 3. The molecule has 0 fully saturated rings. The fraction of sp³-hybridized carbons (Fsp3) is 0.0698. The molecule has 2 heteroatoms. The third-order valence-electron chi connectivity index (χ3n) is 9.64. The minimum Gasteiger partial charge on any atom is -0.309 e. The van der Waals surface area contributed by atoms with Crippen molar-refractivity contribution in [2.24, 2.45) is 0 Å². The Hall–Kier alpha value is -5.18. The van der Waals surface area contributed by atoms with Crippen LogP contribution in [0.3, 0.4) is 0 Å². The topological polar surface area (TPSA) is 3.24 Å². The van der Waals surface area contributed by atoms with Gasteiger partial charge in [-0.3, -0.25) is 0 Å². The van der Waals surface area contributed by atoms with E-state index in [2.05, 4.69) is 170 Å². The van der Waals surface area contributed by atoms with Crippen molar-refractivity contribution in [3.63, 3.8) is 0 Å². The van der Waals surface area contributed by atoms with Crippen LogP contribution in [0.5, 0.6) is 0 Å². The zero-order valence-electron chi connectivity index (χ0n) is 25.3. The van der Waals surface area contributed by atoms with Crippen LogP contribution in [0.4, 0.5) is 17.1 Å². The number of fused-ring (bicyclic) bond motifs is 8. The summed E-state index contributed by atoms with van der Waals surface area (Å²) < 4.78 is 2.65. The van der Waals surface area contributed by atoms with Gasteiger partial charge in [0.15, 0.2) is 0 Å². The van der Waals surface area contributed by atoms with Crippen LogP contribution in [0.15, 0.2) is 152 Å². The molecule has 0 amide bonds. The van der Waals surface area contributed by atoms with Gasteiger partial charge in [0, 0.05) is 36.8 Å². The number of hydrogen-bond acceptors (Lipinski definition) is 2. The highest BCUT2D eigenvalue weighted by Crippen LogP contribution is 2.55. The van der Waals surface area contributed by atoms with Crippen LogP contribution in [0.1, 0.15) is 25.0 Å². The van der Waals surface area contributed by atoms with Crippen molar-refractivity contribution >= 4 is 59.3 Å². The first-order chi connectivity index (χ1) is 22.1. The molecule has 8 aromatic rings. The zero-order valence-corrected chi connectivity index (χ0v) is 26.1. The zero-order chi connectivity index (χ0) is 30.1. The van der Waals surface area contributed by atoms with Crippen molar-refractivity contribution in [3.05, 3.63) is 163 Å². The molecule has 0 atom stereocenters. The maximum atomic E-state index is 2.52. The average Bonchev–Trinajstić information content (AvgIpc) is 3.59. The predicted molar refractivity (Wildman–Crippen MR) is 195 cm³/mol. The second kappa shape index (κ2) is 9.92. The summed E-state index contributed by atoms with van der Waals surface area (Å²) in [6.45, 7) is 4.72. The van der Waals surface area contributed by atoms with Crippen molar-refractivity contribution < 1.29 is 0 Å². The van der Waals surface area contributed by atoms with Gasteiger partial charge in [0.1, 0.15) is 0 Å². The van der Waals surface area contributed by atoms with E-state index in [4.69, 9.17) is 0 Å². The molecule has 1 aliphatic carbocycles. The lowest BCUT2D eigenvalue weighted by Crippen LogP contribution is -2.16. The van der Waals surface area contributed by atoms with E-state index in [0.29, 0.717) is 0 Å². The lowest BCUT2D eigenvalue weighted by molar-refractivity contribution is 0.660. The first-order valence-electron chi connectivity index (χ1n) is 15.6. The number of thiophene rings is 1. The van der Waals surface area contributed by atoms with Gasteiger partial charge in [-0.25, -0.2) is 0 Å². The summed E-state index contributed by atoms with van der Waals surface area (Å²) >= 11 is 1.90. The van der Waals surface area contributed by atoms with Gasteiger partial charge in [0.05, 0.1) is 11.4 Å². The monoisotopic (exact) mass is 593 g/mol. The van der Waals surface area contributed by atoms with Gasteiger partial charge in [-0.05, 0) is 68.9 Å². The molecule has 0 bridgehead atoms. The minimum atomic E-state index is -0.0838. The third kappa shape index (κ3) is 3.92. The molecule has 1 heterocycles. The van der Waals surface area contributed by atoms with Crippen LogP contribution >= 0.6 is 11.3 Å². The summed E-state index contributed by atoms with van der Waals surface area (Å²) in [6.07, 6.45) is 0. The van der Waals surface area contributed by atoms with E-state index in [-0.39, 0.29) is 5.41 Å². The molecule has 0 saturated heterocycles. The summed E-state index contributed by atoms with van der Waals surface area (Å²) in [5, 5.41) is 5.21. The van der Waals surface area contributed by atoms with Gasteiger partial charge >= 0.3 is 0 Å². The van der Waals surface area contributed by atoms with Crippen LogP contribution in [0, 0.1) is 0 Å². The molecular weight excluding hydrogens is 563 g/mol. The van der Waals surface area contributed by atoms with Crippen LogP contribution in [0.25, 0.3) is 53.2 Å². The average molecular weight is 594 g/mol. The molecule has 0 spiro atoms. The van der Waals surface area contributed by atoms with Crippen molar-refractivity contribution in [1.82, 2.24) is 0 Å². The van der Waals surface area contributed by atoms with E-state index in [1.54, 1.807) is 0 Å². The van der Waals surface area contributed by atoms with Crippen LogP contribution in [-0.2, 0) is 5.41 Å². The molecule has 0 radical (unpaired) electrons. The smallest absolute Gasteiger partial charge is 0.0555 e. The number of benzene rings is 7. The number of hydrogen-bond donors (Lipinski definition) is 0. The molecule has 9 rings (SSSR count). The second-order valence-corrected chi connectivity index (χ2v) is 13.6. The molecular formula is C43H31NS. The van der Waals surface area contributed by atoms with Crippen LogP contribution in [-0.4, -0.2) is 0 Å². The first kappa shape index (κ1) is 26.2. The van der Waals surface area contributed by atoms with Gasteiger partial charge in [0.25, 0.3) is 0 Å². The molecule has 0 saturated carbocycles. The predicted octanol–water partition coefficient (Wildman–Crippen LogP) is 12.7. The minimum absolute atomic E-state index is 0.0838. The Morgan fingerprint density at radius 3 is 2.16 bits per heavy atom. The van der Waals surface area contributed by atoms with Crippen LogP contribution in [0.2, 0.25) is 0 Å². The molecule has 1 aromatic heterocycles. The Bertz CT molecular complexity index is 2410. The molecule has 214 valence electrons. The summed E-state index contributed by atoms with van der Waals surface area (Å²) in [4.78, 5) is 2.52. The fourth-order valence-corrected chi connectivity index (χ4v) is 8.77. The van der Waals surface area contributed by atoms with Gasteiger partial charge in [0.2, 0.25) is 0 Å². The molecule has 0 aliphatic heterocycles. The summed E-state index contributed by atoms with van der Waals surface area (Å²) in [5.74, 6) is 0. The molecule has 1 aliphatic rings. The van der Waals surface area contributed by atoms with Gasteiger partial charge in [-0.15, -0.1) is 11.3 Å². The quantitative estimate of drug-likeness (QED) is 0.196. The fourth-order valence-electron chi connectivity index (χ4n) is 7.51. The van der Waals surface area contributed by atoms with E-state index in [1.165, 1.54) is 75.7 Å². The summed E-state index contributed by atoms with van der Waals surface area (Å²) in [7, 11) is 0. The van der Waals surface area contributed by atoms with Gasteiger partial charge < -0.3 is 4.90 Å². The summed E-state index contributed by atoms with van der Waals surface area (Å²) in [6, 6.07) is 55.8. The molecule has 45 heavy (non-hydrogen) atoms. The highest BCUT2D eigenvalue weighted by atomic mass is 32.1. The highest BCUT2D eigenvalue weighted by Gasteiger charge is 2.38. The Morgan fingerprint density at radius 1 is 0.533 bits per heavy atom. The SMILES string of the molecule is CC1(C)c2ccccc2-c2c(N(c3cccc(-c4ccccc4)c3)c3cccc4sc5c6ccccc6ccc5c34)cccc21. The van der Waals surface area contributed by atoms with Crippen molar-refractivity contribution in [3.8, 4) is 22.3 Å². The van der Waals surface area contributed by atoms with Gasteiger partial charge in [-0.1, -0.05) is 135 Å². The first-order valence-corrected chi connectivity index (χ1v) is 16.4. The maximum Gasteiger partial charge on any atom is 0.0555 e. The number of nitrogens with zero attached hydrogens (tertiary/aromatic N) is 1. The second-order valence-electron chi connectivity index (χ2n) is 12.5. The lowest BCUT2D eigenvalue weighted by Gasteiger charge is -2.30. The van der Waals surface area contributed by atoms with E-state index in [1.807, 2.05) is 11.3 Å². The maximum absolute atomic E-state index is 2.52. The molecule has 0 unspecified atom stereocenters. The Balaban J connectivity index is 1.38. The standard InChI is InChI=1S/C43H31NS/c1-43(2)35-20-9-8-19-33(35)40-36(43)21-11-22-37(40)44(31-17-10-16-30(27-31)28-13-4-3-5-14-28)38-23-12-24-39-41(38)34-26-25-29-15-6-7-18-32(29)42(34)45-39/h3-27H,1-2H3. The largest absolute Gasteiger partial charge is 0.309 e. The molecule has 0 N–H and O–H groups in total. The third-order valence-corrected chi connectivity index (χ3v) is 10.8. The summed E-state index contributed by atoms with van der Waals surface area (Å²) in [5.41, 5.74) is 11.3. The van der Waals surface area contributed by atoms with E-state index < -0.39 is 0 Å². The normalized spacial score (nSPS) is 13.3. The van der Waals surface area contributed by atoms with Crippen LogP contribution < -0.4 is 4.90 Å². The Morgan fingerprint density at radius 2 is 1.24 bits per heavy atom. The van der Waals surface area contributed by atoms with E-state index >= 15 is 0 Å².